The topological polar surface area (TPSA) is 106 Å². The highest BCUT2D eigenvalue weighted by Crippen LogP contribution is 2.18. The van der Waals surface area contributed by atoms with Crippen LogP contribution in [0.3, 0.4) is 0 Å². The number of hydrogen-bond donors (Lipinski definition) is 1. The molecule has 1 amide bonds. The Labute approximate surface area is 174 Å². The lowest BCUT2D eigenvalue weighted by Crippen LogP contribution is -2.40. The number of morpholine rings is 1. The molecule has 0 bridgehead atoms. The van der Waals surface area contributed by atoms with Crippen LogP contribution in [0.15, 0.2) is 66.0 Å². The lowest BCUT2D eigenvalue weighted by molar-refractivity contribution is 0.0730. The SMILES string of the molecule is O=C(NCc1cccnc1-n1cccn1)c1cccc(S(=O)(=O)N2CCOCC2)c1. The molecule has 1 aliphatic rings. The van der Waals surface area contributed by atoms with E-state index in [9.17, 15) is 13.2 Å². The minimum Gasteiger partial charge on any atom is -0.379 e. The second-order valence-electron chi connectivity index (χ2n) is 6.66. The van der Waals surface area contributed by atoms with Crippen LogP contribution in [0, 0.1) is 0 Å². The van der Waals surface area contributed by atoms with Crippen molar-refractivity contribution in [1.29, 1.82) is 0 Å². The Morgan fingerprint density at radius 1 is 1.10 bits per heavy atom. The number of hydrogen-bond acceptors (Lipinski definition) is 6. The van der Waals surface area contributed by atoms with Gasteiger partial charge in [0.25, 0.3) is 5.91 Å². The fourth-order valence-electron chi connectivity index (χ4n) is 3.18. The van der Waals surface area contributed by atoms with E-state index in [2.05, 4.69) is 15.4 Å². The van der Waals surface area contributed by atoms with Gasteiger partial charge in [-0.15, -0.1) is 0 Å². The summed E-state index contributed by atoms with van der Waals surface area (Å²) < 4.78 is 33.9. The predicted molar refractivity (Wildman–Crippen MR) is 109 cm³/mol. The van der Waals surface area contributed by atoms with Gasteiger partial charge in [0.2, 0.25) is 10.0 Å². The number of nitrogens with zero attached hydrogens (tertiary/aromatic N) is 4. The third kappa shape index (κ3) is 4.25. The Morgan fingerprint density at radius 3 is 2.70 bits per heavy atom. The number of sulfonamides is 1. The number of carbonyl (C=O) groups is 1. The van der Waals surface area contributed by atoms with Crippen LogP contribution in [0.1, 0.15) is 15.9 Å². The Hall–Kier alpha value is -3.08. The smallest absolute Gasteiger partial charge is 0.251 e. The molecule has 0 spiro atoms. The second kappa shape index (κ2) is 8.74. The molecule has 1 fully saturated rings. The highest BCUT2D eigenvalue weighted by molar-refractivity contribution is 7.89. The van der Waals surface area contributed by atoms with E-state index < -0.39 is 10.0 Å². The van der Waals surface area contributed by atoms with Crippen molar-refractivity contribution in [2.24, 2.45) is 0 Å². The Bertz CT molecular complexity index is 1130. The average Bonchev–Trinajstić information content (AvgIpc) is 3.33. The van der Waals surface area contributed by atoms with Crippen LogP contribution in [-0.4, -0.2) is 59.7 Å². The molecule has 0 unspecified atom stereocenters. The van der Waals surface area contributed by atoms with E-state index >= 15 is 0 Å². The second-order valence-corrected chi connectivity index (χ2v) is 8.60. The van der Waals surface area contributed by atoms with Crippen LogP contribution >= 0.6 is 0 Å². The van der Waals surface area contributed by atoms with Crippen molar-refractivity contribution >= 4 is 15.9 Å². The summed E-state index contributed by atoms with van der Waals surface area (Å²) in [6.45, 7) is 1.56. The number of nitrogens with one attached hydrogen (secondary N) is 1. The first-order valence-corrected chi connectivity index (χ1v) is 10.9. The molecule has 9 nitrogen and oxygen atoms in total. The largest absolute Gasteiger partial charge is 0.379 e. The first kappa shape index (κ1) is 20.2. The minimum absolute atomic E-state index is 0.0932. The Balaban J connectivity index is 1.50. The summed E-state index contributed by atoms with van der Waals surface area (Å²) in [6.07, 6.45) is 5.08. The Kier molecular flexibility index (Phi) is 5.88. The standard InChI is InChI=1S/C20H21N5O4S/c26-20(22-15-17-5-2-7-21-19(17)25-9-3-8-23-25)16-4-1-6-18(14-16)30(27,28)24-10-12-29-13-11-24/h1-9,14H,10-13,15H2,(H,22,26). The van der Waals surface area contributed by atoms with Gasteiger partial charge in [0, 0.05) is 49.4 Å². The molecular formula is C20H21N5O4S. The van der Waals surface area contributed by atoms with Crippen molar-refractivity contribution in [3.05, 3.63) is 72.2 Å². The number of amides is 1. The van der Waals surface area contributed by atoms with Gasteiger partial charge in [0.15, 0.2) is 5.82 Å². The molecule has 0 saturated carbocycles. The van der Waals surface area contributed by atoms with Crippen LogP contribution in [-0.2, 0) is 21.3 Å². The maximum atomic E-state index is 12.8. The summed E-state index contributed by atoms with van der Waals surface area (Å²) in [7, 11) is -3.67. The molecule has 1 saturated heterocycles. The van der Waals surface area contributed by atoms with Gasteiger partial charge in [-0.05, 0) is 30.3 Å². The van der Waals surface area contributed by atoms with Crippen molar-refractivity contribution in [2.75, 3.05) is 26.3 Å². The van der Waals surface area contributed by atoms with Crippen LogP contribution in [0.2, 0.25) is 0 Å². The summed E-state index contributed by atoms with van der Waals surface area (Å²) in [5, 5.41) is 7.00. The monoisotopic (exact) mass is 427 g/mol. The number of aromatic nitrogens is 3. The van der Waals surface area contributed by atoms with Crippen molar-refractivity contribution in [3.8, 4) is 5.82 Å². The summed E-state index contributed by atoms with van der Waals surface area (Å²) in [5.74, 6) is 0.246. The highest BCUT2D eigenvalue weighted by Gasteiger charge is 2.26. The van der Waals surface area contributed by atoms with E-state index in [-0.39, 0.29) is 22.9 Å². The zero-order valence-corrected chi connectivity index (χ0v) is 17.0. The minimum atomic E-state index is -3.67. The molecule has 10 heteroatoms. The first-order valence-electron chi connectivity index (χ1n) is 9.46. The van der Waals surface area contributed by atoms with Gasteiger partial charge in [0.1, 0.15) is 0 Å². The molecule has 3 heterocycles. The molecular weight excluding hydrogens is 406 g/mol. The van der Waals surface area contributed by atoms with Gasteiger partial charge in [-0.3, -0.25) is 4.79 Å². The van der Waals surface area contributed by atoms with Crippen molar-refractivity contribution in [2.45, 2.75) is 11.4 Å². The maximum absolute atomic E-state index is 12.8. The van der Waals surface area contributed by atoms with Gasteiger partial charge in [-0.1, -0.05) is 12.1 Å². The number of pyridine rings is 1. The molecule has 4 rings (SSSR count). The molecule has 0 atom stereocenters. The normalized spacial score (nSPS) is 15.1. The van der Waals surface area contributed by atoms with Crippen LogP contribution in [0.5, 0.6) is 0 Å². The molecule has 3 aromatic rings. The number of benzene rings is 1. The maximum Gasteiger partial charge on any atom is 0.251 e. The third-order valence-corrected chi connectivity index (χ3v) is 6.63. The van der Waals surface area contributed by atoms with Crippen molar-refractivity contribution in [1.82, 2.24) is 24.4 Å². The summed E-state index contributed by atoms with van der Waals surface area (Å²) in [4.78, 5) is 17.1. The van der Waals surface area contributed by atoms with Gasteiger partial charge in [0.05, 0.1) is 18.1 Å². The lowest BCUT2D eigenvalue weighted by atomic mass is 10.2. The molecule has 0 radical (unpaired) electrons. The molecule has 1 N–H and O–H groups in total. The molecule has 0 aliphatic carbocycles. The highest BCUT2D eigenvalue weighted by atomic mass is 32.2. The van der Waals surface area contributed by atoms with E-state index in [1.54, 1.807) is 47.5 Å². The number of ether oxygens (including phenoxy) is 1. The number of rotatable bonds is 6. The summed E-state index contributed by atoms with van der Waals surface area (Å²) >= 11 is 0. The summed E-state index contributed by atoms with van der Waals surface area (Å²) in [5.41, 5.74) is 1.06. The molecule has 1 aromatic carbocycles. The Morgan fingerprint density at radius 2 is 1.93 bits per heavy atom. The zero-order chi connectivity index (χ0) is 21.0. The van der Waals surface area contributed by atoms with Gasteiger partial charge in [-0.2, -0.15) is 9.40 Å². The van der Waals surface area contributed by atoms with Gasteiger partial charge >= 0.3 is 0 Å². The fraction of sp³-hybridized carbons (Fsp3) is 0.250. The van der Waals surface area contributed by atoms with Crippen molar-refractivity contribution in [3.63, 3.8) is 0 Å². The molecule has 1 aliphatic heterocycles. The van der Waals surface area contributed by atoms with Crippen LogP contribution in [0.4, 0.5) is 0 Å². The molecule has 30 heavy (non-hydrogen) atoms. The van der Waals surface area contributed by atoms with Crippen LogP contribution in [0.25, 0.3) is 5.82 Å². The first-order chi connectivity index (χ1) is 14.6. The van der Waals surface area contributed by atoms with E-state index in [1.807, 2.05) is 6.07 Å². The van der Waals surface area contributed by atoms with E-state index in [0.717, 1.165) is 5.56 Å². The van der Waals surface area contributed by atoms with E-state index in [1.165, 1.54) is 16.4 Å². The number of carbonyl (C=O) groups excluding carboxylic acids is 1. The molecule has 156 valence electrons. The lowest BCUT2D eigenvalue weighted by Gasteiger charge is -2.26. The van der Waals surface area contributed by atoms with Gasteiger partial charge < -0.3 is 10.1 Å². The average molecular weight is 427 g/mol. The van der Waals surface area contributed by atoms with E-state index in [0.29, 0.717) is 32.1 Å². The van der Waals surface area contributed by atoms with Gasteiger partial charge in [-0.25, -0.2) is 18.1 Å². The van der Waals surface area contributed by atoms with E-state index in [4.69, 9.17) is 4.74 Å². The fourth-order valence-corrected chi connectivity index (χ4v) is 4.63. The zero-order valence-electron chi connectivity index (χ0n) is 16.1. The van der Waals surface area contributed by atoms with Crippen molar-refractivity contribution < 1.29 is 17.9 Å². The quantitative estimate of drug-likeness (QED) is 0.634. The van der Waals surface area contributed by atoms with Crippen LogP contribution < -0.4 is 5.32 Å². The predicted octanol–water partition coefficient (Wildman–Crippen LogP) is 1.22. The third-order valence-electron chi connectivity index (χ3n) is 4.73. The molecule has 2 aromatic heterocycles. The summed E-state index contributed by atoms with van der Waals surface area (Å²) in [6, 6.07) is 11.5.